The molecule has 176 valence electrons. The van der Waals surface area contributed by atoms with E-state index >= 15 is 0 Å². The van der Waals surface area contributed by atoms with Crippen LogP contribution in [0, 0.1) is 0 Å². The predicted molar refractivity (Wildman–Crippen MR) is 142 cm³/mol. The monoisotopic (exact) mass is 552 g/mol. The van der Waals surface area contributed by atoms with Crippen molar-refractivity contribution in [3.05, 3.63) is 65.2 Å². The molecule has 0 spiro atoms. The lowest BCUT2D eigenvalue weighted by Gasteiger charge is -2.27. The zero-order valence-corrected chi connectivity index (χ0v) is 21.6. The highest BCUT2D eigenvalue weighted by Crippen LogP contribution is 2.15. The number of hydrogen-bond donors (Lipinski definition) is 2. The lowest BCUT2D eigenvalue weighted by Crippen LogP contribution is -2.38. The topological polar surface area (TPSA) is 58.1 Å². The summed E-state index contributed by atoms with van der Waals surface area (Å²) in [5.41, 5.74) is 3.92. The third-order valence-corrected chi connectivity index (χ3v) is 5.44. The van der Waals surface area contributed by atoms with Gasteiger partial charge in [0, 0.05) is 32.7 Å². The smallest absolute Gasteiger partial charge is 0.191 e. The minimum Gasteiger partial charge on any atom is -0.497 e. The first-order valence-electron chi connectivity index (χ1n) is 11.3. The maximum absolute atomic E-state index is 5.47. The van der Waals surface area contributed by atoms with E-state index in [2.05, 4.69) is 58.9 Å². The van der Waals surface area contributed by atoms with E-state index in [1.807, 2.05) is 12.1 Å². The summed E-state index contributed by atoms with van der Waals surface area (Å²) in [5.74, 6) is 1.78. The molecule has 1 aliphatic heterocycles. The first-order chi connectivity index (χ1) is 15.3. The first-order valence-corrected chi connectivity index (χ1v) is 11.3. The number of methoxy groups -OCH3 is 1. The molecule has 1 saturated heterocycles. The van der Waals surface area contributed by atoms with Gasteiger partial charge in [0.25, 0.3) is 0 Å². The molecule has 2 aromatic rings. The third-order valence-electron chi connectivity index (χ3n) is 5.44. The summed E-state index contributed by atoms with van der Waals surface area (Å²) < 4.78 is 10.8. The van der Waals surface area contributed by atoms with E-state index in [1.165, 1.54) is 16.7 Å². The second kappa shape index (κ2) is 15.1. The molecule has 0 unspecified atom stereocenters. The van der Waals surface area contributed by atoms with Gasteiger partial charge in [-0.2, -0.15) is 0 Å². The van der Waals surface area contributed by atoms with E-state index < -0.39 is 0 Å². The Morgan fingerprint density at radius 1 is 1.06 bits per heavy atom. The van der Waals surface area contributed by atoms with Crippen LogP contribution >= 0.6 is 24.0 Å². The molecule has 0 radical (unpaired) electrons. The number of hydrogen-bond acceptors (Lipinski definition) is 4. The summed E-state index contributed by atoms with van der Waals surface area (Å²) in [6, 6.07) is 16.9. The molecule has 0 saturated carbocycles. The molecule has 0 aliphatic carbocycles. The van der Waals surface area contributed by atoms with Gasteiger partial charge in [-0.05, 0) is 48.6 Å². The average Bonchev–Trinajstić information content (AvgIpc) is 2.82. The van der Waals surface area contributed by atoms with Crippen LogP contribution < -0.4 is 15.4 Å². The summed E-state index contributed by atoms with van der Waals surface area (Å²) in [6.45, 7) is 9.08. The van der Waals surface area contributed by atoms with Gasteiger partial charge in [0.1, 0.15) is 5.75 Å². The fourth-order valence-electron chi connectivity index (χ4n) is 3.70. The zero-order valence-electron chi connectivity index (χ0n) is 19.3. The Morgan fingerprint density at radius 2 is 1.84 bits per heavy atom. The van der Waals surface area contributed by atoms with Crippen molar-refractivity contribution in [3.8, 4) is 5.75 Å². The molecular weight excluding hydrogens is 515 g/mol. The van der Waals surface area contributed by atoms with Crippen LogP contribution in [0.2, 0.25) is 0 Å². The summed E-state index contributed by atoms with van der Waals surface area (Å²) in [4.78, 5) is 7.29. The Hall–Kier alpha value is -1.84. The molecule has 2 N–H and O–H groups in total. The molecule has 2 aromatic carbocycles. The maximum Gasteiger partial charge on any atom is 0.191 e. The Morgan fingerprint density at radius 3 is 2.59 bits per heavy atom. The van der Waals surface area contributed by atoms with Gasteiger partial charge in [0.2, 0.25) is 0 Å². The molecule has 0 atom stereocenters. The Bertz CT molecular complexity index is 825. The van der Waals surface area contributed by atoms with Gasteiger partial charge in [0.05, 0.1) is 26.9 Å². The molecule has 1 aliphatic rings. The van der Waals surface area contributed by atoms with Gasteiger partial charge in [-0.1, -0.05) is 36.4 Å². The van der Waals surface area contributed by atoms with Gasteiger partial charge < -0.3 is 20.1 Å². The lowest BCUT2D eigenvalue weighted by molar-refractivity contribution is 0.0341. The van der Waals surface area contributed by atoms with Gasteiger partial charge in [0.15, 0.2) is 5.96 Å². The number of halogens is 1. The second-order valence-electron chi connectivity index (χ2n) is 7.73. The summed E-state index contributed by atoms with van der Waals surface area (Å²) in [6.07, 6.45) is 2.04. The van der Waals surface area contributed by atoms with Crippen LogP contribution in [0.15, 0.2) is 53.5 Å². The van der Waals surface area contributed by atoms with E-state index in [0.717, 1.165) is 70.5 Å². The summed E-state index contributed by atoms with van der Waals surface area (Å²) >= 11 is 0. The molecule has 0 bridgehead atoms. The molecule has 7 heteroatoms. The van der Waals surface area contributed by atoms with Gasteiger partial charge >= 0.3 is 0 Å². The number of aliphatic imine (C=N–C) groups is 1. The SMILES string of the molecule is CCNC(=NCc1ccccc1CN1CCOCC1)NCCCc1cccc(OC)c1.I. The number of rotatable bonds is 10. The van der Waals surface area contributed by atoms with Crippen LogP contribution in [-0.4, -0.2) is 57.4 Å². The van der Waals surface area contributed by atoms with E-state index in [-0.39, 0.29) is 24.0 Å². The quantitative estimate of drug-likeness (QED) is 0.203. The van der Waals surface area contributed by atoms with Crippen molar-refractivity contribution < 1.29 is 9.47 Å². The van der Waals surface area contributed by atoms with E-state index in [1.54, 1.807) is 7.11 Å². The largest absolute Gasteiger partial charge is 0.497 e. The highest BCUT2D eigenvalue weighted by molar-refractivity contribution is 14.0. The van der Waals surface area contributed by atoms with Gasteiger partial charge in [-0.15, -0.1) is 24.0 Å². The van der Waals surface area contributed by atoms with Crippen molar-refractivity contribution in [1.82, 2.24) is 15.5 Å². The van der Waals surface area contributed by atoms with Crippen molar-refractivity contribution in [1.29, 1.82) is 0 Å². The van der Waals surface area contributed by atoms with E-state index in [9.17, 15) is 0 Å². The number of nitrogens with one attached hydrogen (secondary N) is 2. The maximum atomic E-state index is 5.47. The standard InChI is InChI=1S/C25H36N4O2.HI/c1-3-26-25(27-13-7-9-21-8-6-12-24(18-21)30-2)28-19-22-10-4-5-11-23(22)20-29-14-16-31-17-15-29;/h4-6,8,10-12,18H,3,7,9,13-17,19-20H2,1-2H3,(H2,26,27,28);1H. The number of morpholine rings is 1. The Balaban J connectivity index is 0.00000363. The predicted octanol–water partition coefficient (Wildman–Crippen LogP) is 3.83. The molecular formula is C25H37IN4O2. The average molecular weight is 553 g/mol. The highest BCUT2D eigenvalue weighted by atomic mass is 127. The summed E-state index contributed by atoms with van der Waals surface area (Å²) in [5, 5.41) is 6.83. The zero-order chi connectivity index (χ0) is 21.7. The van der Waals surface area contributed by atoms with Crippen LogP contribution in [0.4, 0.5) is 0 Å². The van der Waals surface area contributed by atoms with Gasteiger partial charge in [-0.25, -0.2) is 4.99 Å². The fourth-order valence-corrected chi connectivity index (χ4v) is 3.70. The number of nitrogens with zero attached hydrogens (tertiary/aromatic N) is 2. The normalized spacial score (nSPS) is 14.5. The first kappa shape index (κ1) is 26.4. The number of aryl methyl sites for hydroxylation is 1. The van der Waals surface area contributed by atoms with Crippen molar-refractivity contribution in [2.75, 3.05) is 46.5 Å². The molecule has 0 amide bonds. The van der Waals surface area contributed by atoms with Crippen LogP contribution in [0.5, 0.6) is 5.75 Å². The van der Waals surface area contributed by atoms with Crippen molar-refractivity contribution in [3.63, 3.8) is 0 Å². The van der Waals surface area contributed by atoms with Crippen LogP contribution in [0.25, 0.3) is 0 Å². The van der Waals surface area contributed by atoms with Gasteiger partial charge in [-0.3, -0.25) is 4.90 Å². The second-order valence-corrected chi connectivity index (χ2v) is 7.73. The minimum absolute atomic E-state index is 0. The molecule has 1 fully saturated rings. The number of guanidine groups is 1. The minimum atomic E-state index is 0. The van der Waals surface area contributed by atoms with Crippen LogP contribution in [-0.2, 0) is 24.2 Å². The van der Waals surface area contributed by atoms with Crippen LogP contribution in [0.3, 0.4) is 0 Å². The van der Waals surface area contributed by atoms with Crippen molar-refractivity contribution in [2.45, 2.75) is 32.9 Å². The Labute approximate surface area is 209 Å². The fraction of sp³-hybridized carbons (Fsp3) is 0.480. The third kappa shape index (κ3) is 8.96. The summed E-state index contributed by atoms with van der Waals surface area (Å²) in [7, 11) is 1.71. The van der Waals surface area contributed by atoms with E-state index in [4.69, 9.17) is 14.5 Å². The molecule has 32 heavy (non-hydrogen) atoms. The molecule has 3 rings (SSSR count). The number of benzene rings is 2. The van der Waals surface area contributed by atoms with Crippen molar-refractivity contribution in [2.24, 2.45) is 4.99 Å². The molecule has 0 aromatic heterocycles. The highest BCUT2D eigenvalue weighted by Gasteiger charge is 2.12. The number of ether oxygens (including phenoxy) is 2. The Kier molecular flexibility index (Phi) is 12.4. The van der Waals surface area contributed by atoms with E-state index in [0.29, 0.717) is 6.54 Å². The molecule has 1 heterocycles. The van der Waals surface area contributed by atoms with Crippen molar-refractivity contribution >= 4 is 29.9 Å². The lowest BCUT2D eigenvalue weighted by atomic mass is 10.1. The molecule has 6 nitrogen and oxygen atoms in total. The van der Waals surface area contributed by atoms with Crippen LogP contribution in [0.1, 0.15) is 30.0 Å².